The lowest BCUT2D eigenvalue weighted by atomic mass is 10.2. The summed E-state index contributed by atoms with van der Waals surface area (Å²) in [5, 5.41) is 14.2. The molecule has 2 rings (SSSR count). The number of urea groups is 1. The highest BCUT2D eigenvalue weighted by Crippen LogP contribution is 2.14. The van der Waals surface area contributed by atoms with Gasteiger partial charge in [-0.2, -0.15) is 0 Å². The number of pyridine rings is 1. The van der Waals surface area contributed by atoms with Crippen LogP contribution < -0.4 is 10.6 Å². The van der Waals surface area contributed by atoms with E-state index in [-0.39, 0.29) is 12.1 Å². The average molecular weight is 289 g/mol. The van der Waals surface area contributed by atoms with Crippen molar-refractivity contribution in [3.63, 3.8) is 0 Å². The minimum absolute atomic E-state index is 0.0929. The third-order valence-corrected chi connectivity index (χ3v) is 2.88. The van der Waals surface area contributed by atoms with Crippen LogP contribution in [0.15, 0.2) is 28.8 Å². The Hall–Kier alpha value is -2.83. The van der Waals surface area contributed by atoms with Gasteiger partial charge < -0.3 is 20.2 Å². The minimum atomic E-state index is -1.06. The molecule has 2 amide bonds. The number of rotatable bonds is 4. The molecule has 0 aliphatic heterocycles. The molecule has 0 bridgehead atoms. The highest BCUT2D eigenvalue weighted by Gasteiger charge is 2.14. The van der Waals surface area contributed by atoms with Crippen LogP contribution in [-0.2, 0) is 6.54 Å². The third kappa shape index (κ3) is 3.59. The number of hydrogen-bond donors (Lipinski definition) is 3. The first-order chi connectivity index (χ1) is 9.97. The maximum Gasteiger partial charge on any atom is 0.339 e. The van der Waals surface area contributed by atoms with Gasteiger partial charge in [-0.05, 0) is 32.0 Å². The van der Waals surface area contributed by atoms with Crippen molar-refractivity contribution in [3.8, 4) is 0 Å². The molecule has 0 atom stereocenters. The van der Waals surface area contributed by atoms with E-state index in [4.69, 9.17) is 9.52 Å². The molecule has 0 spiro atoms. The Morgan fingerprint density at radius 1 is 1.38 bits per heavy atom. The molecule has 0 aliphatic rings. The van der Waals surface area contributed by atoms with Crippen molar-refractivity contribution in [1.29, 1.82) is 0 Å². The van der Waals surface area contributed by atoms with Gasteiger partial charge in [0, 0.05) is 6.20 Å². The van der Waals surface area contributed by atoms with Crippen LogP contribution in [0.4, 0.5) is 10.5 Å². The predicted molar refractivity (Wildman–Crippen MR) is 75.2 cm³/mol. The van der Waals surface area contributed by atoms with Crippen molar-refractivity contribution in [1.82, 2.24) is 10.3 Å². The van der Waals surface area contributed by atoms with Gasteiger partial charge in [0.2, 0.25) is 0 Å². The molecule has 0 aromatic carbocycles. The molecule has 2 aromatic rings. The molecule has 2 heterocycles. The number of anilines is 1. The molecule has 110 valence electrons. The maximum atomic E-state index is 11.8. The molecule has 2 aromatic heterocycles. The monoisotopic (exact) mass is 289 g/mol. The largest absolute Gasteiger partial charge is 0.478 e. The first-order valence-electron chi connectivity index (χ1n) is 6.26. The van der Waals surface area contributed by atoms with E-state index in [1.54, 1.807) is 32.2 Å². The number of nitrogens with one attached hydrogen (secondary N) is 2. The van der Waals surface area contributed by atoms with Gasteiger partial charge in [-0.1, -0.05) is 0 Å². The zero-order valence-corrected chi connectivity index (χ0v) is 11.6. The number of carboxylic acids is 1. The first kappa shape index (κ1) is 14.6. The Kier molecular flexibility index (Phi) is 4.22. The van der Waals surface area contributed by atoms with Gasteiger partial charge in [-0.15, -0.1) is 0 Å². The standard InChI is InChI=1S/C14H15N3O4/c1-8-12(4-3-5-15-8)17-14(20)16-7-10-6-11(13(18)19)9(2)21-10/h3-6H,7H2,1-2H3,(H,18,19)(H2,16,17,20). The van der Waals surface area contributed by atoms with Gasteiger partial charge in [-0.3, -0.25) is 4.98 Å². The second kappa shape index (κ2) is 6.08. The molecule has 7 nitrogen and oxygen atoms in total. The molecule has 21 heavy (non-hydrogen) atoms. The number of aryl methyl sites for hydroxylation is 2. The molecular formula is C14H15N3O4. The number of carbonyl (C=O) groups excluding carboxylic acids is 1. The number of hydrogen-bond acceptors (Lipinski definition) is 4. The number of carbonyl (C=O) groups is 2. The molecule has 0 saturated carbocycles. The number of carboxylic acid groups (broad SMARTS) is 1. The Bertz CT molecular complexity index is 679. The second-order valence-electron chi connectivity index (χ2n) is 4.43. The van der Waals surface area contributed by atoms with Crippen molar-refractivity contribution in [2.45, 2.75) is 20.4 Å². The van der Waals surface area contributed by atoms with Gasteiger partial charge in [0.05, 0.1) is 17.9 Å². The van der Waals surface area contributed by atoms with E-state index in [9.17, 15) is 9.59 Å². The fraction of sp³-hybridized carbons (Fsp3) is 0.214. The molecular weight excluding hydrogens is 274 g/mol. The van der Waals surface area contributed by atoms with E-state index in [0.29, 0.717) is 22.9 Å². The van der Waals surface area contributed by atoms with E-state index in [2.05, 4.69) is 15.6 Å². The molecule has 0 aliphatic carbocycles. The lowest BCUT2D eigenvalue weighted by Crippen LogP contribution is -2.28. The van der Waals surface area contributed by atoms with E-state index < -0.39 is 12.0 Å². The Morgan fingerprint density at radius 2 is 2.14 bits per heavy atom. The summed E-state index contributed by atoms with van der Waals surface area (Å²) in [6.45, 7) is 3.44. The van der Waals surface area contributed by atoms with Crippen LogP contribution in [-0.4, -0.2) is 22.1 Å². The fourth-order valence-corrected chi connectivity index (χ4v) is 1.79. The molecule has 0 unspecified atom stereocenters. The lowest BCUT2D eigenvalue weighted by Gasteiger charge is -2.07. The zero-order valence-electron chi connectivity index (χ0n) is 11.6. The van der Waals surface area contributed by atoms with Gasteiger partial charge in [0.25, 0.3) is 0 Å². The first-order valence-corrected chi connectivity index (χ1v) is 6.26. The van der Waals surface area contributed by atoms with E-state index in [0.717, 1.165) is 0 Å². The average Bonchev–Trinajstić information content (AvgIpc) is 2.80. The van der Waals surface area contributed by atoms with Gasteiger partial charge in [0.15, 0.2) is 0 Å². The van der Waals surface area contributed by atoms with Crippen LogP contribution >= 0.6 is 0 Å². The summed E-state index contributed by atoms with van der Waals surface area (Å²) < 4.78 is 5.26. The number of amides is 2. The molecule has 0 fully saturated rings. The van der Waals surface area contributed by atoms with Crippen molar-refractivity contribution in [2.24, 2.45) is 0 Å². The summed E-state index contributed by atoms with van der Waals surface area (Å²) in [5.74, 6) is -0.372. The van der Waals surface area contributed by atoms with Crippen LogP contribution in [0.1, 0.15) is 27.6 Å². The number of nitrogens with zero attached hydrogens (tertiary/aromatic N) is 1. The molecule has 0 saturated heterocycles. The predicted octanol–water partition coefficient (Wildman–Crippen LogP) is 2.31. The third-order valence-electron chi connectivity index (χ3n) is 2.88. The highest BCUT2D eigenvalue weighted by molar-refractivity contribution is 5.90. The molecule has 0 radical (unpaired) electrons. The van der Waals surface area contributed by atoms with Crippen molar-refractivity contribution in [2.75, 3.05) is 5.32 Å². The van der Waals surface area contributed by atoms with Crippen LogP contribution in [0.5, 0.6) is 0 Å². The number of aromatic carboxylic acids is 1. The van der Waals surface area contributed by atoms with Crippen molar-refractivity contribution < 1.29 is 19.1 Å². The topological polar surface area (TPSA) is 104 Å². The minimum Gasteiger partial charge on any atom is -0.478 e. The Balaban J connectivity index is 1.94. The second-order valence-corrected chi connectivity index (χ2v) is 4.43. The van der Waals surface area contributed by atoms with Crippen molar-refractivity contribution in [3.05, 3.63) is 47.2 Å². The van der Waals surface area contributed by atoms with Gasteiger partial charge >= 0.3 is 12.0 Å². The van der Waals surface area contributed by atoms with Crippen LogP contribution in [0.25, 0.3) is 0 Å². The summed E-state index contributed by atoms with van der Waals surface area (Å²) in [4.78, 5) is 26.7. The summed E-state index contributed by atoms with van der Waals surface area (Å²) in [5.41, 5.74) is 1.40. The van der Waals surface area contributed by atoms with Crippen LogP contribution in [0.2, 0.25) is 0 Å². The molecule has 7 heteroatoms. The number of furan rings is 1. The Morgan fingerprint density at radius 3 is 2.76 bits per heavy atom. The van der Waals surface area contributed by atoms with E-state index in [1.807, 2.05) is 0 Å². The van der Waals surface area contributed by atoms with E-state index in [1.165, 1.54) is 6.07 Å². The van der Waals surface area contributed by atoms with E-state index >= 15 is 0 Å². The quantitative estimate of drug-likeness (QED) is 0.801. The smallest absolute Gasteiger partial charge is 0.339 e. The zero-order chi connectivity index (χ0) is 15.4. The molecule has 3 N–H and O–H groups in total. The number of aromatic nitrogens is 1. The van der Waals surface area contributed by atoms with Crippen molar-refractivity contribution >= 4 is 17.7 Å². The van der Waals surface area contributed by atoms with Crippen LogP contribution in [0, 0.1) is 13.8 Å². The maximum absolute atomic E-state index is 11.8. The highest BCUT2D eigenvalue weighted by atomic mass is 16.4. The Labute approximate surface area is 121 Å². The van der Waals surface area contributed by atoms with Crippen LogP contribution in [0.3, 0.4) is 0 Å². The summed E-state index contributed by atoms with van der Waals surface area (Å²) in [7, 11) is 0. The summed E-state index contributed by atoms with van der Waals surface area (Å²) >= 11 is 0. The normalized spacial score (nSPS) is 10.2. The van der Waals surface area contributed by atoms with Gasteiger partial charge in [0.1, 0.15) is 17.1 Å². The summed E-state index contributed by atoms with van der Waals surface area (Å²) in [6, 6.07) is 4.43. The fourth-order valence-electron chi connectivity index (χ4n) is 1.79. The lowest BCUT2D eigenvalue weighted by molar-refractivity contribution is 0.0695. The summed E-state index contributed by atoms with van der Waals surface area (Å²) in [6.07, 6.45) is 1.64. The SMILES string of the molecule is Cc1ncccc1NC(=O)NCc1cc(C(=O)O)c(C)o1. The van der Waals surface area contributed by atoms with Gasteiger partial charge in [-0.25, -0.2) is 9.59 Å².